The Labute approximate surface area is 217 Å². The molecule has 3 heterocycles. The SMILES string of the molecule is Cc1ccc(CN2CCOC3CCC2C3OCc2ccncc2)s1.O=C(O)C(F)(F)F.O=C(O)C(F)(F)F. The molecule has 1 saturated heterocycles. The Balaban J connectivity index is 0.000000301. The number of thiophene rings is 1. The van der Waals surface area contributed by atoms with Crippen molar-refractivity contribution in [3.63, 3.8) is 0 Å². The predicted octanol–water partition coefficient (Wildman–Crippen LogP) is 4.67. The highest BCUT2D eigenvalue weighted by molar-refractivity contribution is 7.11. The third-order valence-electron chi connectivity index (χ3n) is 5.50. The summed E-state index contributed by atoms with van der Waals surface area (Å²) >= 11 is 1.90. The van der Waals surface area contributed by atoms with E-state index in [0.29, 0.717) is 12.6 Å². The average Bonchev–Trinajstić information content (AvgIpc) is 3.37. The molecule has 2 aromatic heterocycles. The van der Waals surface area contributed by atoms with Gasteiger partial charge >= 0.3 is 24.3 Å². The van der Waals surface area contributed by atoms with E-state index in [9.17, 15) is 26.3 Å². The van der Waals surface area contributed by atoms with Gasteiger partial charge in [0.1, 0.15) is 0 Å². The van der Waals surface area contributed by atoms with Crippen LogP contribution in [0.15, 0.2) is 36.7 Å². The van der Waals surface area contributed by atoms with Gasteiger partial charge in [0.15, 0.2) is 0 Å². The Hall–Kier alpha value is -2.75. The summed E-state index contributed by atoms with van der Waals surface area (Å²) in [5.41, 5.74) is 1.18. The molecular formula is C23H26F6N2O6S. The molecular weight excluding hydrogens is 546 g/mol. The van der Waals surface area contributed by atoms with E-state index in [2.05, 4.69) is 28.9 Å². The first kappa shape index (κ1) is 31.5. The molecule has 2 N–H and O–H groups in total. The van der Waals surface area contributed by atoms with Gasteiger partial charge in [-0.3, -0.25) is 9.88 Å². The van der Waals surface area contributed by atoms with Crippen LogP contribution in [0.5, 0.6) is 0 Å². The van der Waals surface area contributed by atoms with Crippen molar-refractivity contribution in [1.29, 1.82) is 0 Å². The number of carbonyl (C=O) groups is 2. The maximum absolute atomic E-state index is 10.6. The second kappa shape index (κ2) is 13.9. The Morgan fingerprint density at radius 3 is 2.13 bits per heavy atom. The third kappa shape index (κ3) is 10.2. The van der Waals surface area contributed by atoms with Gasteiger partial charge in [-0.1, -0.05) is 0 Å². The van der Waals surface area contributed by atoms with E-state index < -0.39 is 24.3 Å². The number of aromatic nitrogens is 1. The number of alkyl halides is 6. The zero-order chi connectivity index (χ0) is 28.5. The van der Waals surface area contributed by atoms with Crippen LogP contribution in [-0.4, -0.2) is 75.8 Å². The standard InChI is InChI=1S/C19H24N2O2S.2C2HF3O2/c1-14-2-3-16(24-14)12-21-10-11-22-18-5-4-17(21)19(18)23-13-15-6-8-20-9-7-15;2*3-2(4,5)1(6)7/h2-3,6-9,17-19H,4-5,10-13H2,1H3;2*(H,6,7). The summed E-state index contributed by atoms with van der Waals surface area (Å²) in [6, 6.07) is 8.97. The van der Waals surface area contributed by atoms with E-state index in [1.54, 1.807) is 0 Å². The van der Waals surface area contributed by atoms with E-state index in [1.807, 2.05) is 35.9 Å². The quantitative estimate of drug-likeness (QED) is 0.498. The highest BCUT2D eigenvalue weighted by atomic mass is 32.1. The molecule has 0 spiro atoms. The van der Waals surface area contributed by atoms with Crippen molar-refractivity contribution in [3.05, 3.63) is 52.0 Å². The van der Waals surface area contributed by atoms with Gasteiger partial charge in [0.05, 0.1) is 25.4 Å². The number of fused-ring (bicyclic) bond motifs is 2. The Kier molecular flexibility index (Phi) is 11.5. The lowest BCUT2D eigenvalue weighted by Crippen LogP contribution is -2.42. The van der Waals surface area contributed by atoms with Crippen molar-refractivity contribution in [1.82, 2.24) is 9.88 Å². The lowest BCUT2D eigenvalue weighted by molar-refractivity contribution is -0.193. The maximum Gasteiger partial charge on any atom is 0.490 e. The summed E-state index contributed by atoms with van der Waals surface area (Å²) in [5.74, 6) is -5.51. The van der Waals surface area contributed by atoms with Crippen LogP contribution in [0.2, 0.25) is 0 Å². The van der Waals surface area contributed by atoms with Crippen LogP contribution in [0.1, 0.15) is 28.2 Å². The zero-order valence-corrected chi connectivity index (χ0v) is 20.9. The normalized spacial score (nSPS) is 21.4. The molecule has 2 aliphatic rings. The summed E-state index contributed by atoms with van der Waals surface area (Å²) in [6.45, 7) is 5.61. The molecule has 1 saturated carbocycles. The minimum atomic E-state index is -5.08. The lowest BCUT2D eigenvalue weighted by atomic mass is 10.1. The first-order valence-electron chi connectivity index (χ1n) is 11.2. The average molecular weight is 573 g/mol. The number of pyridine rings is 1. The summed E-state index contributed by atoms with van der Waals surface area (Å²) in [5, 5.41) is 14.2. The number of carboxylic acids is 2. The van der Waals surface area contributed by atoms with Crippen molar-refractivity contribution >= 4 is 23.3 Å². The molecule has 2 fully saturated rings. The summed E-state index contributed by atoms with van der Waals surface area (Å²) < 4.78 is 75.9. The summed E-state index contributed by atoms with van der Waals surface area (Å²) in [4.78, 5) is 27.2. The molecule has 15 heteroatoms. The van der Waals surface area contributed by atoms with E-state index in [4.69, 9.17) is 29.3 Å². The molecule has 2 aromatic rings. The van der Waals surface area contributed by atoms with Gasteiger partial charge in [0, 0.05) is 41.3 Å². The number of carboxylic acid groups (broad SMARTS) is 2. The third-order valence-corrected chi connectivity index (χ3v) is 6.49. The lowest BCUT2D eigenvalue weighted by Gasteiger charge is -2.30. The van der Waals surface area contributed by atoms with Crippen LogP contribution < -0.4 is 0 Å². The number of ether oxygens (including phenoxy) is 2. The van der Waals surface area contributed by atoms with Gasteiger partial charge < -0.3 is 19.7 Å². The van der Waals surface area contributed by atoms with Gasteiger partial charge in [-0.15, -0.1) is 11.3 Å². The molecule has 2 bridgehead atoms. The Bertz CT molecular complexity index is 1010. The molecule has 0 aromatic carbocycles. The molecule has 8 nitrogen and oxygen atoms in total. The number of rotatable bonds is 5. The minimum Gasteiger partial charge on any atom is -0.475 e. The van der Waals surface area contributed by atoms with E-state index in [0.717, 1.165) is 32.5 Å². The summed E-state index contributed by atoms with van der Waals surface area (Å²) in [6.07, 6.45) is -3.85. The van der Waals surface area contributed by atoms with Gasteiger partial charge in [-0.05, 0) is 49.6 Å². The van der Waals surface area contributed by atoms with Crippen molar-refractivity contribution in [2.75, 3.05) is 13.2 Å². The van der Waals surface area contributed by atoms with Crippen molar-refractivity contribution in [2.24, 2.45) is 0 Å². The topological polar surface area (TPSA) is 109 Å². The van der Waals surface area contributed by atoms with Gasteiger partial charge in [-0.2, -0.15) is 26.3 Å². The molecule has 1 aliphatic carbocycles. The number of aryl methyl sites for hydroxylation is 1. The number of hydrogen-bond acceptors (Lipinski definition) is 7. The van der Waals surface area contributed by atoms with Gasteiger partial charge in [0.25, 0.3) is 0 Å². The highest BCUT2D eigenvalue weighted by Crippen LogP contribution is 2.34. The molecule has 3 unspecified atom stereocenters. The van der Waals surface area contributed by atoms with Crippen LogP contribution in [0, 0.1) is 6.92 Å². The highest BCUT2D eigenvalue weighted by Gasteiger charge is 2.43. The van der Waals surface area contributed by atoms with Crippen molar-refractivity contribution in [2.45, 2.75) is 63.5 Å². The number of halogens is 6. The van der Waals surface area contributed by atoms with E-state index in [1.165, 1.54) is 15.3 Å². The van der Waals surface area contributed by atoms with Crippen molar-refractivity contribution in [3.8, 4) is 0 Å². The fraction of sp³-hybridized carbons (Fsp3) is 0.522. The minimum absolute atomic E-state index is 0.168. The van der Waals surface area contributed by atoms with Crippen LogP contribution in [0.4, 0.5) is 26.3 Å². The van der Waals surface area contributed by atoms with Crippen LogP contribution in [0.3, 0.4) is 0 Å². The summed E-state index contributed by atoms with van der Waals surface area (Å²) in [7, 11) is 0. The molecule has 3 atom stereocenters. The number of aliphatic carboxylic acids is 2. The van der Waals surface area contributed by atoms with E-state index >= 15 is 0 Å². The molecule has 38 heavy (non-hydrogen) atoms. The Morgan fingerprint density at radius 2 is 1.63 bits per heavy atom. The first-order valence-corrected chi connectivity index (χ1v) is 12.0. The van der Waals surface area contributed by atoms with E-state index in [-0.39, 0.29) is 12.2 Å². The largest absolute Gasteiger partial charge is 0.490 e. The maximum atomic E-state index is 10.6. The fourth-order valence-electron chi connectivity index (χ4n) is 3.82. The van der Waals surface area contributed by atoms with Gasteiger partial charge in [-0.25, -0.2) is 9.59 Å². The zero-order valence-electron chi connectivity index (χ0n) is 20.0. The molecule has 0 amide bonds. The monoisotopic (exact) mass is 572 g/mol. The van der Waals surface area contributed by atoms with Gasteiger partial charge in [0.2, 0.25) is 0 Å². The second-order valence-electron chi connectivity index (χ2n) is 8.27. The molecule has 0 radical (unpaired) electrons. The van der Waals surface area contributed by atoms with Crippen molar-refractivity contribution < 1.29 is 55.6 Å². The second-order valence-corrected chi connectivity index (χ2v) is 9.65. The smallest absolute Gasteiger partial charge is 0.475 e. The number of nitrogens with zero attached hydrogens (tertiary/aromatic N) is 2. The molecule has 212 valence electrons. The fourth-order valence-corrected chi connectivity index (χ4v) is 4.74. The molecule has 4 rings (SSSR count). The van der Waals surface area contributed by atoms with Crippen LogP contribution >= 0.6 is 11.3 Å². The Morgan fingerprint density at radius 1 is 1.05 bits per heavy atom. The first-order chi connectivity index (χ1) is 17.7. The van der Waals surface area contributed by atoms with Crippen LogP contribution in [-0.2, 0) is 32.2 Å². The number of hydrogen-bond donors (Lipinski definition) is 2. The molecule has 1 aliphatic heterocycles. The predicted molar refractivity (Wildman–Crippen MR) is 122 cm³/mol. The van der Waals surface area contributed by atoms with Crippen LogP contribution in [0.25, 0.3) is 0 Å².